The summed E-state index contributed by atoms with van der Waals surface area (Å²) in [6, 6.07) is 7.89. The number of aliphatic hydroxyl groups excluding tert-OH is 1. The zero-order valence-corrected chi connectivity index (χ0v) is 13.6. The first-order valence-corrected chi connectivity index (χ1v) is 7.58. The molecule has 1 aromatic heterocycles. The van der Waals surface area contributed by atoms with Gasteiger partial charge in [0.1, 0.15) is 11.6 Å². The smallest absolute Gasteiger partial charge is 0.118 e. The summed E-state index contributed by atoms with van der Waals surface area (Å²) >= 11 is 0. The van der Waals surface area contributed by atoms with Gasteiger partial charge >= 0.3 is 0 Å². The molecule has 0 amide bonds. The van der Waals surface area contributed by atoms with E-state index in [9.17, 15) is 5.11 Å². The monoisotopic (exact) mass is 303 g/mol. The van der Waals surface area contributed by atoms with Crippen molar-refractivity contribution in [3.05, 3.63) is 48.0 Å². The van der Waals surface area contributed by atoms with Gasteiger partial charge in [-0.05, 0) is 38.1 Å². The van der Waals surface area contributed by atoms with Crippen LogP contribution >= 0.6 is 0 Å². The summed E-state index contributed by atoms with van der Waals surface area (Å²) in [7, 11) is 3.70. The first-order valence-electron chi connectivity index (χ1n) is 7.58. The Morgan fingerprint density at radius 2 is 2.05 bits per heavy atom. The minimum atomic E-state index is 0.00907. The second kappa shape index (κ2) is 7.96. The number of imidazole rings is 1. The fourth-order valence-corrected chi connectivity index (χ4v) is 2.61. The predicted octanol–water partition coefficient (Wildman–Crippen LogP) is 2.26. The van der Waals surface area contributed by atoms with E-state index in [1.165, 1.54) is 0 Å². The van der Waals surface area contributed by atoms with Gasteiger partial charge in [0.05, 0.1) is 19.8 Å². The molecular weight excluding hydrogens is 278 g/mol. The van der Waals surface area contributed by atoms with Crippen LogP contribution in [0.3, 0.4) is 0 Å². The highest BCUT2D eigenvalue weighted by molar-refractivity contribution is 5.29. The van der Waals surface area contributed by atoms with Gasteiger partial charge in [0.2, 0.25) is 0 Å². The lowest BCUT2D eigenvalue weighted by Crippen LogP contribution is -2.29. The lowest BCUT2D eigenvalue weighted by Gasteiger charge is -2.27. The number of aromatic nitrogens is 2. The molecule has 0 spiro atoms. The third kappa shape index (κ3) is 4.08. The minimum absolute atomic E-state index is 0.00907. The molecule has 1 unspecified atom stereocenters. The molecule has 0 aliphatic carbocycles. The normalized spacial score (nSPS) is 12.6. The number of rotatable bonds is 8. The van der Waals surface area contributed by atoms with Gasteiger partial charge in [-0.3, -0.25) is 4.90 Å². The van der Waals surface area contributed by atoms with E-state index < -0.39 is 0 Å². The van der Waals surface area contributed by atoms with Crippen LogP contribution in [0.4, 0.5) is 0 Å². The van der Waals surface area contributed by atoms with E-state index in [1.807, 2.05) is 50.6 Å². The third-order valence-corrected chi connectivity index (χ3v) is 4.04. The number of benzene rings is 1. The Morgan fingerprint density at radius 1 is 1.32 bits per heavy atom. The molecule has 0 saturated heterocycles. The average molecular weight is 303 g/mol. The number of likely N-dealkylation sites (N-methyl/N-ethyl adjacent to an activating group) is 1. The van der Waals surface area contributed by atoms with Gasteiger partial charge in [0.25, 0.3) is 0 Å². The molecule has 0 aliphatic heterocycles. The Morgan fingerprint density at radius 3 is 2.59 bits per heavy atom. The number of aliphatic hydroxyl groups is 1. The quantitative estimate of drug-likeness (QED) is 0.812. The summed E-state index contributed by atoms with van der Waals surface area (Å²) in [4.78, 5) is 6.42. The Hall–Kier alpha value is -1.85. The van der Waals surface area contributed by atoms with E-state index in [1.54, 1.807) is 7.11 Å². The molecule has 0 radical (unpaired) electrons. The SMILES string of the molecule is COc1ccc(C(CO)N(C)CCCn2ccnc2C)cc1. The maximum atomic E-state index is 9.72. The van der Waals surface area contributed by atoms with E-state index in [0.717, 1.165) is 36.6 Å². The molecule has 1 atom stereocenters. The topological polar surface area (TPSA) is 50.5 Å². The van der Waals surface area contributed by atoms with Crippen LogP contribution in [0.15, 0.2) is 36.7 Å². The predicted molar refractivity (Wildman–Crippen MR) is 87.0 cm³/mol. The van der Waals surface area contributed by atoms with Gasteiger partial charge < -0.3 is 14.4 Å². The molecule has 1 heterocycles. The van der Waals surface area contributed by atoms with Crippen molar-refractivity contribution in [1.82, 2.24) is 14.5 Å². The standard InChI is InChI=1S/C17H25N3O2/c1-14-18-9-12-20(14)11-4-10-19(2)17(13-21)15-5-7-16(22-3)8-6-15/h5-9,12,17,21H,4,10-11,13H2,1-3H3. The van der Waals surface area contributed by atoms with E-state index in [4.69, 9.17) is 4.74 Å². The van der Waals surface area contributed by atoms with Gasteiger partial charge in [-0.1, -0.05) is 12.1 Å². The Balaban J connectivity index is 1.90. The summed E-state index contributed by atoms with van der Waals surface area (Å²) in [6.07, 6.45) is 4.84. The number of ether oxygens (including phenoxy) is 1. The second-order valence-electron chi connectivity index (χ2n) is 5.47. The van der Waals surface area contributed by atoms with Crippen LogP contribution in [-0.2, 0) is 6.54 Å². The zero-order valence-electron chi connectivity index (χ0n) is 13.6. The van der Waals surface area contributed by atoms with Crippen LogP contribution in [0.1, 0.15) is 23.9 Å². The van der Waals surface area contributed by atoms with Crippen molar-refractivity contribution in [2.24, 2.45) is 0 Å². The number of aryl methyl sites for hydroxylation is 2. The number of hydrogen-bond acceptors (Lipinski definition) is 4. The molecule has 1 N–H and O–H groups in total. The van der Waals surface area contributed by atoms with E-state index >= 15 is 0 Å². The highest BCUT2D eigenvalue weighted by Crippen LogP contribution is 2.22. The van der Waals surface area contributed by atoms with E-state index in [-0.39, 0.29) is 12.6 Å². The van der Waals surface area contributed by atoms with Crippen molar-refractivity contribution in [2.45, 2.75) is 25.9 Å². The Labute approximate surface area is 132 Å². The molecule has 0 fully saturated rings. The largest absolute Gasteiger partial charge is 0.497 e. The maximum absolute atomic E-state index is 9.72. The van der Waals surface area contributed by atoms with Gasteiger partial charge in [0, 0.05) is 25.5 Å². The highest BCUT2D eigenvalue weighted by Gasteiger charge is 2.15. The second-order valence-corrected chi connectivity index (χ2v) is 5.47. The number of hydrogen-bond donors (Lipinski definition) is 1. The molecule has 2 aromatic rings. The van der Waals surface area contributed by atoms with Gasteiger partial charge in [0.15, 0.2) is 0 Å². The third-order valence-electron chi connectivity index (χ3n) is 4.04. The lowest BCUT2D eigenvalue weighted by molar-refractivity contribution is 0.145. The van der Waals surface area contributed by atoms with Crippen molar-refractivity contribution in [3.8, 4) is 5.75 Å². The molecule has 5 nitrogen and oxygen atoms in total. The zero-order chi connectivity index (χ0) is 15.9. The van der Waals surface area contributed by atoms with Gasteiger partial charge in [-0.15, -0.1) is 0 Å². The molecule has 22 heavy (non-hydrogen) atoms. The molecule has 120 valence electrons. The Kier molecular flexibility index (Phi) is 5.98. The van der Waals surface area contributed by atoms with Gasteiger partial charge in [-0.25, -0.2) is 4.98 Å². The molecule has 2 rings (SSSR count). The van der Waals surface area contributed by atoms with Crippen LogP contribution < -0.4 is 4.74 Å². The average Bonchev–Trinajstić information content (AvgIpc) is 2.94. The summed E-state index contributed by atoms with van der Waals surface area (Å²) in [5.41, 5.74) is 1.10. The minimum Gasteiger partial charge on any atom is -0.497 e. The van der Waals surface area contributed by atoms with Crippen molar-refractivity contribution in [1.29, 1.82) is 0 Å². The van der Waals surface area contributed by atoms with Crippen LogP contribution in [0.2, 0.25) is 0 Å². The van der Waals surface area contributed by atoms with Crippen molar-refractivity contribution >= 4 is 0 Å². The molecule has 0 saturated carbocycles. The lowest BCUT2D eigenvalue weighted by atomic mass is 10.1. The Bertz CT molecular complexity index is 566. The summed E-state index contributed by atoms with van der Waals surface area (Å²) in [5.74, 6) is 1.87. The number of nitrogens with zero attached hydrogens (tertiary/aromatic N) is 3. The first-order chi connectivity index (χ1) is 10.7. The summed E-state index contributed by atoms with van der Waals surface area (Å²) in [6.45, 7) is 3.97. The molecule has 5 heteroatoms. The van der Waals surface area contributed by atoms with Crippen LogP contribution in [0, 0.1) is 6.92 Å². The van der Waals surface area contributed by atoms with Crippen molar-refractivity contribution < 1.29 is 9.84 Å². The molecule has 0 aliphatic rings. The number of methoxy groups -OCH3 is 1. The fraction of sp³-hybridized carbons (Fsp3) is 0.471. The van der Waals surface area contributed by atoms with E-state index in [2.05, 4.69) is 14.5 Å². The molecule has 0 bridgehead atoms. The van der Waals surface area contributed by atoms with Crippen LogP contribution in [0.25, 0.3) is 0 Å². The fourth-order valence-electron chi connectivity index (χ4n) is 2.61. The molecular formula is C17H25N3O2. The van der Waals surface area contributed by atoms with Crippen LogP contribution in [-0.4, -0.2) is 46.9 Å². The highest BCUT2D eigenvalue weighted by atomic mass is 16.5. The van der Waals surface area contributed by atoms with Crippen LogP contribution in [0.5, 0.6) is 5.75 Å². The first kappa shape index (κ1) is 16.5. The van der Waals surface area contributed by atoms with E-state index in [0.29, 0.717) is 0 Å². The summed E-state index contributed by atoms with van der Waals surface area (Å²) < 4.78 is 7.32. The maximum Gasteiger partial charge on any atom is 0.118 e. The van der Waals surface area contributed by atoms with Gasteiger partial charge in [-0.2, -0.15) is 0 Å². The van der Waals surface area contributed by atoms with Crippen molar-refractivity contribution in [2.75, 3.05) is 27.3 Å². The van der Waals surface area contributed by atoms with Crippen molar-refractivity contribution in [3.63, 3.8) is 0 Å². The summed E-state index contributed by atoms with van der Waals surface area (Å²) in [5, 5.41) is 9.72. The molecule has 1 aromatic carbocycles.